The minimum atomic E-state index is -0.406. The fraction of sp³-hybridized carbons (Fsp3) is 0.286. The third-order valence-corrected chi connectivity index (χ3v) is 4.25. The number of nitrogens with two attached hydrogens (primary N) is 1. The van der Waals surface area contributed by atoms with Crippen molar-refractivity contribution in [1.82, 2.24) is 5.32 Å². The molecule has 0 fully saturated rings. The lowest BCUT2D eigenvalue weighted by Gasteiger charge is -2.18. The Bertz CT molecular complexity index is 824. The molecule has 2 aromatic carbocycles. The highest BCUT2D eigenvalue weighted by atomic mass is 19.1. The van der Waals surface area contributed by atoms with Gasteiger partial charge < -0.3 is 21.2 Å². The molecule has 2 aromatic rings. The molecule has 0 saturated heterocycles. The molecule has 2 unspecified atom stereocenters. The molecule has 0 aliphatic heterocycles. The van der Waals surface area contributed by atoms with Crippen LogP contribution in [0.25, 0.3) is 0 Å². The van der Waals surface area contributed by atoms with Crippen LogP contribution in [0.4, 0.5) is 10.1 Å². The summed E-state index contributed by atoms with van der Waals surface area (Å²) < 4.78 is 12.9. The number of hydrogen-bond donors (Lipinski definition) is 3. The van der Waals surface area contributed by atoms with Gasteiger partial charge in [-0.15, -0.1) is 0 Å². The van der Waals surface area contributed by atoms with Gasteiger partial charge in [-0.25, -0.2) is 4.39 Å². The predicted molar refractivity (Wildman–Crippen MR) is 105 cm³/mol. The van der Waals surface area contributed by atoms with Gasteiger partial charge in [0.2, 0.25) is 5.91 Å². The molecule has 0 bridgehead atoms. The van der Waals surface area contributed by atoms with E-state index < -0.39 is 6.04 Å². The maximum atomic E-state index is 12.9. The smallest absolute Gasteiger partial charge is 0.251 e. The molecule has 0 saturated carbocycles. The summed E-state index contributed by atoms with van der Waals surface area (Å²) >= 11 is 0. The third kappa shape index (κ3) is 6.59. The number of nitrogens with one attached hydrogen (secondary N) is 2. The normalized spacial score (nSPS) is 12.7. The fourth-order valence-electron chi connectivity index (χ4n) is 2.70. The molecule has 148 valence electrons. The zero-order valence-corrected chi connectivity index (χ0v) is 15.7. The van der Waals surface area contributed by atoms with Crippen LogP contribution < -0.4 is 16.4 Å². The minimum Gasteiger partial charge on any atom is -0.350 e. The summed E-state index contributed by atoms with van der Waals surface area (Å²) in [5.41, 5.74) is 7.76. The van der Waals surface area contributed by atoms with Crippen LogP contribution in [0.2, 0.25) is 0 Å². The van der Waals surface area contributed by atoms with Crippen LogP contribution in [-0.2, 0) is 16.0 Å². The molecule has 6 nitrogen and oxygen atoms in total. The molecule has 0 aliphatic carbocycles. The van der Waals surface area contributed by atoms with Gasteiger partial charge in [-0.1, -0.05) is 19.1 Å². The lowest BCUT2D eigenvalue weighted by molar-refractivity contribution is -0.119. The monoisotopic (exact) mass is 385 g/mol. The van der Waals surface area contributed by atoms with Gasteiger partial charge in [0.15, 0.2) is 0 Å². The van der Waals surface area contributed by atoms with E-state index in [9.17, 15) is 18.8 Å². The van der Waals surface area contributed by atoms with Crippen LogP contribution >= 0.6 is 0 Å². The van der Waals surface area contributed by atoms with Gasteiger partial charge in [0, 0.05) is 36.2 Å². The van der Waals surface area contributed by atoms with E-state index in [1.54, 1.807) is 31.2 Å². The van der Waals surface area contributed by atoms with Gasteiger partial charge in [0.1, 0.15) is 12.1 Å². The summed E-state index contributed by atoms with van der Waals surface area (Å²) in [5, 5.41) is 5.45. The largest absolute Gasteiger partial charge is 0.350 e. The molecule has 2 rings (SSSR count). The number of halogens is 1. The third-order valence-electron chi connectivity index (χ3n) is 4.25. The average molecular weight is 385 g/mol. The first-order chi connectivity index (χ1) is 13.4. The van der Waals surface area contributed by atoms with Crippen molar-refractivity contribution < 1.29 is 18.8 Å². The van der Waals surface area contributed by atoms with Crippen LogP contribution in [0.3, 0.4) is 0 Å². The van der Waals surface area contributed by atoms with E-state index >= 15 is 0 Å². The van der Waals surface area contributed by atoms with E-state index in [1.165, 1.54) is 24.3 Å². The summed E-state index contributed by atoms with van der Waals surface area (Å²) in [5.74, 6) is -1.27. The maximum absolute atomic E-state index is 12.9. The molecule has 0 spiro atoms. The first-order valence-corrected chi connectivity index (χ1v) is 9.02. The molecule has 4 N–H and O–H groups in total. The Balaban J connectivity index is 1.80. The Labute approximate surface area is 163 Å². The highest BCUT2D eigenvalue weighted by molar-refractivity contribution is 5.94. The second kappa shape index (κ2) is 10.3. The quantitative estimate of drug-likeness (QED) is 0.577. The topological polar surface area (TPSA) is 101 Å². The van der Waals surface area contributed by atoms with Crippen LogP contribution in [-0.4, -0.2) is 30.7 Å². The molecule has 0 aromatic heterocycles. The summed E-state index contributed by atoms with van der Waals surface area (Å²) in [4.78, 5) is 35.0. The molecule has 0 aliphatic rings. The Morgan fingerprint density at radius 1 is 1.18 bits per heavy atom. The van der Waals surface area contributed by atoms with Crippen molar-refractivity contribution in [3.05, 3.63) is 65.5 Å². The lowest BCUT2D eigenvalue weighted by atomic mass is 10.0. The molecular formula is C21H24FN3O3. The molecule has 0 heterocycles. The van der Waals surface area contributed by atoms with Gasteiger partial charge >= 0.3 is 0 Å². The molecule has 2 amide bonds. The van der Waals surface area contributed by atoms with E-state index in [0.717, 1.165) is 11.8 Å². The van der Waals surface area contributed by atoms with Crippen molar-refractivity contribution in [2.45, 2.75) is 25.8 Å². The van der Waals surface area contributed by atoms with E-state index in [2.05, 4.69) is 10.6 Å². The highest BCUT2D eigenvalue weighted by Gasteiger charge is 2.18. The number of rotatable bonds is 9. The SMILES string of the molecule is CC(CC(N)CNC(=O)c1cccc(CC=O)c1)C(=O)Nc1ccc(F)cc1. The molecule has 2 atom stereocenters. The second-order valence-corrected chi connectivity index (χ2v) is 6.67. The predicted octanol–water partition coefficient (Wildman–Crippen LogP) is 2.29. The van der Waals surface area contributed by atoms with Crippen LogP contribution in [0.15, 0.2) is 48.5 Å². The highest BCUT2D eigenvalue weighted by Crippen LogP contribution is 2.12. The standard InChI is InChI=1S/C21H24FN3O3/c1-14(20(27)25-19-7-5-17(22)6-8-19)11-18(23)13-24-21(28)16-4-2-3-15(12-16)9-10-26/h2-8,10,12,14,18H,9,11,13,23H2,1H3,(H,24,28)(H,25,27). The molecule has 28 heavy (non-hydrogen) atoms. The molecule has 7 heteroatoms. The fourth-order valence-corrected chi connectivity index (χ4v) is 2.70. The van der Waals surface area contributed by atoms with Gasteiger partial charge in [-0.05, 0) is 48.4 Å². The number of carbonyl (C=O) groups is 3. The minimum absolute atomic E-state index is 0.213. The average Bonchev–Trinajstić information content (AvgIpc) is 2.68. The summed E-state index contributed by atoms with van der Waals surface area (Å²) in [7, 11) is 0. The van der Waals surface area contributed by atoms with Crippen molar-refractivity contribution in [1.29, 1.82) is 0 Å². The van der Waals surface area contributed by atoms with E-state index in [0.29, 0.717) is 17.7 Å². The van der Waals surface area contributed by atoms with E-state index in [1.807, 2.05) is 0 Å². The summed E-state index contributed by atoms with van der Waals surface area (Å²) in [6.07, 6.45) is 1.41. The Morgan fingerprint density at radius 3 is 2.57 bits per heavy atom. The van der Waals surface area contributed by atoms with Crippen molar-refractivity contribution in [2.75, 3.05) is 11.9 Å². The van der Waals surface area contributed by atoms with Crippen LogP contribution in [0, 0.1) is 11.7 Å². The van der Waals surface area contributed by atoms with Crippen molar-refractivity contribution >= 4 is 23.8 Å². The number of hydrogen-bond acceptors (Lipinski definition) is 4. The number of benzene rings is 2. The summed E-state index contributed by atoms with van der Waals surface area (Å²) in [6, 6.07) is 11.9. The Kier molecular flexibility index (Phi) is 7.83. The zero-order valence-electron chi connectivity index (χ0n) is 15.7. The van der Waals surface area contributed by atoms with Crippen molar-refractivity contribution in [3.8, 4) is 0 Å². The Morgan fingerprint density at radius 2 is 1.89 bits per heavy atom. The number of anilines is 1. The lowest BCUT2D eigenvalue weighted by Crippen LogP contribution is -2.39. The second-order valence-electron chi connectivity index (χ2n) is 6.67. The first-order valence-electron chi connectivity index (χ1n) is 9.02. The van der Waals surface area contributed by atoms with Gasteiger partial charge in [-0.3, -0.25) is 9.59 Å². The molecular weight excluding hydrogens is 361 g/mol. The van der Waals surface area contributed by atoms with Crippen molar-refractivity contribution in [2.24, 2.45) is 11.7 Å². The number of carbonyl (C=O) groups excluding carboxylic acids is 3. The summed E-state index contributed by atoms with van der Waals surface area (Å²) in [6.45, 7) is 1.95. The zero-order chi connectivity index (χ0) is 20.5. The number of aldehydes is 1. The number of amides is 2. The van der Waals surface area contributed by atoms with Gasteiger partial charge in [0.05, 0.1) is 0 Å². The van der Waals surface area contributed by atoms with E-state index in [-0.39, 0.29) is 36.5 Å². The van der Waals surface area contributed by atoms with Gasteiger partial charge in [0.25, 0.3) is 5.91 Å². The Hall–Kier alpha value is -3.06. The van der Waals surface area contributed by atoms with Crippen LogP contribution in [0.5, 0.6) is 0 Å². The van der Waals surface area contributed by atoms with E-state index in [4.69, 9.17) is 5.73 Å². The van der Waals surface area contributed by atoms with Crippen molar-refractivity contribution in [3.63, 3.8) is 0 Å². The van der Waals surface area contributed by atoms with Crippen LogP contribution in [0.1, 0.15) is 29.3 Å². The maximum Gasteiger partial charge on any atom is 0.251 e. The van der Waals surface area contributed by atoms with Gasteiger partial charge in [-0.2, -0.15) is 0 Å². The molecule has 0 radical (unpaired) electrons. The first kappa shape index (κ1) is 21.2.